The van der Waals surface area contributed by atoms with Gasteiger partial charge >= 0.3 is 0 Å². The number of piperidine rings is 1. The maximum Gasteiger partial charge on any atom is 0.241 e. The predicted molar refractivity (Wildman–Crippen MR) is 108 cm³/mol. The monoisotopic (exact) mass is 394 g/mol. The molecule has 0 radical (unpaired) electrons. The minimum absolute atomic E-state index is 0.0141. The number of halogens is 1. The molecule has 150 valence electrons. The Balaban J connectivity index is 1.29. The van der Waals surface area contributed by atoms with Crippen molar-refractivity contribution >= 4 is 11.6 Å². The number of aromatic nitrogens is 2. The fraction of sp³-hybridized carbons (Fsp3) is 0.318. The summed E-state index contributed by atoms with van der Waals surface area (Å²) in [6.07, 6.45) is 1.51. The summed E-state index contributed by atoms with van der Waals surface area (Å²) in [5, 5.41) is 6.95. The molecule has 1 amide bonds. The summed E-state index contributed by atoms with van der Waals surface area (Å²) in [5.41, 5.74) is 2.08. The van der Waals surface area contributed by atoms with Crippen molar-refractivity contribution in [2.45, 2.75) is 26.3 Å². The number of carbonyl (C=O) groups excluding carboxylic acids is 1. The quantitative estimate of drug-likeness (QED) is 0.707. The number of anilines is 1. The van der Waals surface area contributed by atoms with Crippen LogP contribution in [0.25, 0.3) is 11.4 Å². The standard InChI is InChI=1S/C22H23FN4O2/c1-15-13-18(7-8-19(15)23)24-22(28)17-9-11-27(12-10-17)14-20-25-21(26-29-20)16-5-3-2-4-6-16/h2-8,13,17H,9-12,14H2,1H3,(H,24,28). The Morgan fingerprint density at radius 1 is 1.21 bits per heavy atom. The van der Waals surface area contributed by atoms with Gasteiger partial charge in [-0.2, -0.15) is 4.98 Å². The molecule has 2 aromatic carbocycles. The van der Waals surface area contributed by atoms with Gasteiger partial charge in [-0.05, 0) is 56.6 Å². The normalized spacial score (nSPS) is 15.4. The first-order valence-corrected chi connectivity index (χ1v) is 9.76. The molecule has 1 aromatic heterocycles. The SMILES string of the molecule is Cc1cc(NC(=O)C2CCN(Cc3nc(-c4ccccc4)no3)CC2)ccc1F. The van der Waals surface area contributed by atoms with Crippen molar-refractivity contribution in [3.05, 3.63) is 65.8 Å². The lowest BCUT2D eigenvalue weighted by atomic mass is 9.95. The molecule has 3 aromatic rings. The second-order valence-corrected chi connectivity index (χ2v) is 7.38. The molecular weight excluding hydrogens is 371 g/mol. The third-order valence-corrected chi connectivity index (χ3v) is 5.24. The largest absolute Gasteiger partial charge is 0.338 e. The second-order valence-electron chi connectivity index (χ2n) is 7.38. The number of carbonyl (C=O) groups is 1. The summed E-state index contributed by atoms with van der Waals surface area (Å²) >= 11 is 0. The van der Waals surface area contributed by atoms with Crippen LogP contribution in [0.5, 0.6) is 0 Å². The predicted octanol–water partition coefficient (Wildman–Crippen LogP) is 4.03. The van der Waals surface area contributed by atoms with Gasteiger partial charge < -0.3 is 9.84 Å². The van der Waals surface area contributed by atoms with Crippen LogP contribution in [0.4, 0.5) is 10.1 Å². The number of hydrogen-bond acceptors (Lipinski definition) is 5. The Bertz CT molecular complexity index is 981. The lowest BCUT2D eigenvalue weighted by Gasteiger charge is -2.30. The van der Waals surface area contributed by atoms with E-state index in [0.29, 0.717) is 29.5 Å². The molecule has 29 heavy (non-hydrogen) atoms. The van der Waals surface area contributed by atoms with Crippen molar-refractivity contribution in [1.29, 1.82) is 0 Å². The average Bonchev–Trinajstić information content (AvgIpc) is 3.20. The summed E-state index contributed by atoms with van der Waals surface area (Å²) in [5.74, 6) is 0.824. The van der Waals surface area contributed by atoms with Crippen LogP contribution in [0.15, 0.2) is 53.1 Å². The Morgan fingerprint density at radius 3 is 2.69 bits per heavy atom. The summed E-state index contributed by atoms with van der Waals surface area (Å²) in [6.45, 7) is 3.82. The Morgan fingerprint density at radius 2 is 1.97 bits per heavy atom. The number of rotatable bonds is 5. The first-order valence-electron chi connectivity index (χ1n) is 9.76. The molecule has 1 fully saturated rings. The number of aryl methyl sites for hydroxylation is 1. The van der Waals surface area contributed by atoms with Crippen LogP contribution >= 0.6 is 0 Å². The molecule has 0 bridgehead atoms. The Hall–Kier alpha value is -3.06. The smallest absolute Gasteiger partial charge is 0.241 e. The number of likely N-dealkylation sites (tertiary alicyclic amines) is 1. The van der Waals surface area contributed by atoms with Gasteiger partial charge in [-0.3, -0.25) is 9.69 Å². The average molecular weight is 394 g/mol. The summed E-state index contributed by atoms with van der Waals surface area (Å²) in [7, 11) is 0. The van der Waals surface area contributed by atoms with Crippen molar-refractivity contribution in [1.82, 2.24) is 15.0 Å². The van der Waals surface area contributed by atoms with E-state index in [0.717, 1.165) is 31.5 Å². The highest BCUT2D eigenvalue weighted by atomic mass is 19.1. The van der Waals surface area contributed by atoms with Crippen LogP contribution in [-0.2, 0) is 11.3 Å². The van der Waals surface area contributed by atoms with E-state index < -0.39 is 0 Å². The molecule has 0 saturated carbocycles. The van der Waals surface area contributed by atoms with E-state index in [1.54, 1.807) is 19.1 Å². The van der Waals surface area contributed by atoms with Gasteiger partial charge in [-0.25, -0.2) is 4.39 Å². The maximum atomic E-state index is 13.4. The zero-order chi connectivity index (χ0) is 20.2. The highest BCUT2D eigenvalue weighted by molar-refractivity contribution is 5.92. The van der Waals surface area contributed by atoms with Gasteiger partial charge in [0, 0.05) is 17.2 Å². The molecule has 1 aliphatic rings. The van der Waals surface area contributed by atoms with E-state index in [9.17, 15) is 9.18 Å². The van der Waals surface area contributed by atoms with Crippen LogP contribution in [-0.4, -0.2) is 34.0 Å². The van der Waals surface area contributed by atoms with E-state index in [1.807, 2.05) is 30.3 Å². The van der Waals surface area contributed by atoms with E-state index >= 15 is 0 Å². The number of nitrogens with zero attached hydrogens (tertiary/aromatic N) is 3. The van der Waals surface area contributed by atoms with Gasteiger partial charge in [-0.1, -0.05) is 35.5 Å². The first-order chi connectivity index (χ1) is 14.1. The van der Waals surface area contributed by atoms with Gasteiger partial charge in [0.25, 0.3) is 0 Å². The molecule has 0 unspecified atom stereocenters. The molecule has 0 aliphatic carbocycles. The lowest BCUT2D eigenvalue weighted by Crippen LogP contribution is -2.37. The molecule has 7 heteroatoms. The van der Waals surface area contributed by atoms with Gasteiger partial charge in [0.1, 0.15) is 5.82 Å². The number of amides is 1. The molecule has 2 heterocycles. The number of nitrogens with one attached hydrogen (secondary N) is 1. The maximum absolute atomic E-state index is 13.4. The highest BCUT2D eigenvalue weighted by Gasteiger charge is 2.26. The Kier molecular flexibility index (Phi) is 5.67. The molecule has 4 rings (SSSR count). The minimum atomic E-state index is -0.271. The molecule has 1 aliphatic heterocycles. The van der Waals surface area contributed by atoms with Crippen LogP contribution < -0.4 is 5.32 Å². The highest BCUT2D eigenvalue weighted by Crippen LogP contribution is 2.22. The summed E-state index contributed by atoms with van der Waals surface area (Å²) < 4.78 is 18.8. The van der Waals surface area contributed by atoms with Gasteiger partial charge in [0.2, 0.25) is 17.6 Å². The van der Waals surface area contributed by atoms with Crippen molar-refractivity contribution in [3.63, 3.8) is 0 Å². The molecule has 1 N–H and O–H groups in total. The molecule has 0 atom stereocenters. The molecule has 1 saturated heterocycles. The van der Waals surface area contributed by atoms with Crippen LogP contribution in [0.3, 0.4) is 0 Å². The number of hydrogen-bond donors (Lipinski definition) is 1. The number of benzene rings is 2. The van der Waals surface area contributed by atoms with E-state index in [1.165, 1.54) is 6.07 Å². The van der Waals surface area contributed by atoms with Crippen molar-refractivity contribution in [2.24, 2.45) is 5.92 Å². The van der Waals surface area contributed by atoms with E-state index in [4.69, 9.17) is 4.52 Å². The zero-order valence-corrected chi connectivity index (χ0v) is 16.3. The van der Waals surface area contributed by atoms with Crippen LogP contribution in [0.1, 0.15) is 24.3 Å². The summed E-state index contributed by atoms with van der Waals surface area (Å²) in [6, 6.07) is 14.3. The second kappa shape index (κ2) is 8.53. The fourth-order valence-electron chi connectivity index (χ4n) is 3.53. The van der Waals surface area contributed by atoms with Gasteiger partial charge in [-0.15, -0.1) is 0 Å². The minimum Gasteiger partial charge on any atom is -0.338 e. The fourth-order valence-corrected chi connectivity index (χ4v) is 3.53. The first kappa shape index (κ1) is 19.3. The van der Waals surface area contributed by atoms with Crippen LogP contribution in [0, 0.1) is 18.7 Å². The third kappa shape index (κ3) is 4.68. The van der Waals surface area contributed by atoms with Crippen molar-refractivity contribution < 1.29 is 13.7 Å². The summed E-state index contributed by atoms with van der Waals surface area (Å²) in [4.78, 5) is 19.2. The zero-order valence-electron chi connectivity index (χ0n) is 16.3. The third-order valence-electron chi connectivity index (χ3n) is 5.24. The van der Waals surface area contributed by atoms with Gasteiger partial charge in [0.05, 0.1) is 6.54 Å². The topological polar surface area (TPSA) is 71.3 Å². The molecule has 6 nitrogen and oxygen atoms in total. The van der Waals surface area contributed by atoms with E-state index in [-0.39, 0.29) is 17.6 Å². The van der Waals surface area contributed by atoms with Gasteiger partial charge in [0.15, 0.2) is 0 Å². The van der Waals surface area contributed by atoms with Crippen LogP contribution in [0.2, 0.25) is 0 Å². The lowest BCUT2D eigenvalue weighted by molar-refractivity contribution is -0.121. The van der Waals surface area contributed by atoms with Crippen molar-refractivity contribution in [3.8, 4) is 11.4 Å². The van der Waals surface area contributed by atoms with E-state index in [2.05, 4.69) is 20.4 Å². The van der Waals surface area contributed by atoms with Crippen molar-refractivity contribution in [2.75, 3.05) is 18.4 Å². The molecule has 0 spiro atoms. The molecular formula is C22H23FN4O2. The Labute approximate surface area is 168 Å².